The fourth-order valence-electron chi connectivity index (χ4n) is 0.873. The Balaban J connectivity index is 4.61. The zero-order valence-electron chi connectivity index (χ0n) is 7.64. The Morgan fingerprint density at radius 2 is 2.09 bits per heavy atom. The molecule has 0 spiro atoms. The maximum absolute atomic E-state index is 5.65. The van der Waals surface area contributed by atoms with E-state index >= 15 is 0 Å². The van der Waals surface area contributed by atoms with Crippen LogP contribution in [0.25, 0.3) is 0 Å². The molecule has 0 radical (unpaired) electrons. The van der Waals surface area contributed by atoms with E-state index in [1.54, 1.807) is 18.8 Å². The molecular formula is C8H16N2S. The number of hydrogen-bond donors (Lipinski definition) is 1. The normalized spacial score (nSPS) is 14.7. The first-order chi connectivity index (χ1) is 5.17. The highest BCUT2D eigenvalue weighted by Gasteiger charge is 2.01. The number of aliphatic imine (C=N–C) groups is 1. The van der Waals surface area contributed by atoms with Crippen LogP contribution in [-0.4, -0.2) is 19.1 Å². The molecule has 2 N–H and O–H groups in total. The third-order valence-corrected chi connectivity index (χ3v) is 2.70. The van der Waals surface area contributed by atoms with E-state index < -0.39 is 0 Å². The van der Waals surface area contributed by atoms with Crippen LogP contribution in [0.3, 0.4) is 0 Å². The Labute approximate surface area is 73.0 Å². The Morgan fingerprint density at radius 1 is 1.55 bits per heavy atom. The maximum atomic E-state index is 5.65. The average molecular weight is 172 g/mol. The molecule has 64 valence electrons. The molecule has 11 heavy (non-hydrogen) atoms. The van der Waals surface area contributed by atoms with Gasteiger partial charge >= 0.3 is 0 Å². The predicted molar refractivity (Wildman–Crippen MR) is 54.1 cm³/mol. The fourth-order valence-corrected chi connectivity index (χ4v) is 1.57. The van der Waals surface area contributed by atoms with Gasteiger partial charge in [-0.3, -0.25) is 4.99 Å². The van der Waals surface area contributed by atoms with Crippen molar-refractivity contribution in [2.45, 2.75) is 20.3 Å². The lowest BCUT2D eigenvalue weighted by atomic mass is 10.2. The summed E-state index contributed by atoms with van der Waals surface area (Å²) in [7, 11) is 1.71. The first-order valence-electron chi connectivity index (χ1n) is 3.63. The van der Waals surface area contributed by atoms with Gasteiger partial charge in [0.2, 0.25) is 0 Å². The number of hydrogen-bond acceptors (Lipinski definition) is 2. The van der Waals surface area contributed by atoms with E-state index in [0.717, 1.165) is 12.0 Å². The highest BCUT2D eigenvalue weighted by Crippen LogP contribution is 2.19. The number of nitrogens with two attached hydrogens (primary N) is 1. The maximum Gasteiger partial charge on any atom is 0.121 e. The second-order valence-electron chi connectivity index (χ2n) is 2.21. The van der Waals surface area contributed by atoms with Crippen molar-refractivity contribution in [1.82, 2.24) is 0 Å². The van der Waals surface area contributed by atoms with E-state index in [1.807, 2.05) is 6.92 Å². The highest BCUT2D eigenvalue weighted by molar-refractivity contribution is 8.02. The molecule has 0 unspecified atom stereocenters. The molecule has 0 fully saturated rings. The molecule has 0 aromatic heterocycles. The molecule has 0 rings (SSSR count). The van der Waals surface area contributed by atoms with Gasteiger partial charge in [0.05, 0.1) is 0 Å². The molecule has 0 aliphatic carbocycles. The van der Waals surface area contributed by atoms with Gasteiger partial charge in [0.15, 0.2) is 0 Å². The zero-order chi connectivity index (χ0) is 8.85. The highest BCUT2D eigenvalue weighted by atomic mass is 32.2. The van der Waals surface area contributed by atoms with Crippen molar-refractivity contribution in [1.29, 1.82) is 0 Å². The third-order valence-electron chi connectivity index (χ3n) is 1.61. The van der Waals surface area contributed by atoms with Crippen molar-refractivity contribution in [2.24, 2.45) is 10.7 Å². The largest absolute Gasteiger partial charge is 0.384 e. The van der Waals surface area contributed by atoms with Crippen LogP contribution in [0.1, 0.15) is 20.3 Å². The lowest BCUT2D eigenvalue weighted by molar-refractivity contribution is 1.17. The number of allylic oxidation sites excluding steroid dienone is 1. The second kappa shape index (κ2) is 5.24. The number of nitrogens with zero attached hydrogens (tertiary/aromatic N) is 1. The van der Waals surface area contributed by atoms with Crippen LogP contribution in [0.4, 0.5) is 0 Å². The molecule has 0 saturated carbocycles. The summed E-state index contributed by atoms with van der Waals surface area (Å²) in [5, 5.41) is 0. The molecule has 0 aromatic rings. The standard InChI is InChI=1S/C8H16N2S/c1-5-7(11-4)6(2)8(9)10-3/h5H2,1-4H3,(H2,9,10)/b7-6+. The van der Waals surface area contributed by atoms with Crippen LogP contribution in [0.15, 0.2) is 15.5 Å². The molecule has 0 atom stereocenters. The zero-order valence-corrected chi connectivity index (χ0v) is 8.46. The Bertz CT molecular complexity index is 177. The topological polar surface area (TPSA) is 38.4 Å². The predicted octanol–water partition coefficient (Wildman–Crippen LogP) is 2.02. The van der Waals surface area contributed by atoms with Crippen LogP contribution in [-0.2, 0) is 0 Å². The fraction of sp³-hybridized carbons (Fsp3) is 0.625. The van der Waals surface area contributed by atoms with E-state index in [1.165, 1.54) is 4.91 Å². The molecule has 0 aliphatic heterocycles. The van der Waals surface area contributed by atoms with Gasteiger partial charge in [-0.2, -0.15) is 0 Å². The summed E-state index contributed by atoms with van der Waals surface area (Å²) >= 11 is 1.74. The van der Waals surface area contributed by atoms with Crippen LogP contribution in [0.5, 0.6) is 0 Å². The number of thioether (sulfide) groups is 1. The lowest BCUT2D eigenvalue weighted by Crippen LogP contribution is -2.13. The number of rotatable bonds is 3. The lowest BCUT2D eigenvalue weighted by Gasteiger charge is -2.05. The van der Waals surface area contributed by atoms with E-state index in [0.29, 0.717) is 5.84 Å². The van der Waals surface area contributed by atoms with Crippen molar-refractivity contribution >= 4 is 17.6 Å². The molecule has 0 aromatic carbocycles. The van der Waals surface area contributed by atoms with E-state index in [2.05, 4.69) is 18.2 Å². The van der Waals surface area contributed by atoms with E-state index in [4.69, 9.17) is 5.73 Å². The van der Waals surface area contributed by atoms with Crippen molar-refractivity contribution in [3.05, 3.63) is 10.5 Å². The Hall–Kier alpha value is -0.440. The first-order valence-corrected chi connectivity index (χ1v) is 4.86. The van der Waals surface area contributed by atoms with Gasteiger partial charge in [-0.1, -0.05) is 6.92 Å². The van der Waals surface area contributed by atoms with Gasteiger partial charge in [0, 0.05) is 12.6 Å². The van der Waals surface area contributed by atoms with Crippen molar-refractivity contribution < 1.29 is 0 Å². The third kappa shape index (κ3) is 2.97. The Morgan fingerprint density at radius 3 is 2.36 bits per heavy atom. The van der Waals surface area contributed by atoms with Crippen LogP contribution in [0.2, 0.25) is 0 Å². The first kappa shape index (κ1) is 10.6. The van der Waals surface area contributed by atoms with E-state index in [-0.39, 0.29) is 0 Å². The molecular weight excluding hydrogens is 156 g/mol. The summed E-state index contributed by atoms with van der Waals surface area (Å²) in [6, 6.07) is 0. The summed E-state index contributed by atoms with van der Waals surface area (Å²) in [6.07, 6.45) is 3.09. The van der Waals surface area contributed by atoms with Gasteiger partial charge in [-0.15, -0.1) is 11.8 Å². The molecule has 0 amide bonds. The van der Waals surface area contributed by atoms with Gasteiger partial charge in [0.1, 0.15) is 5.84 Å². The number of amidine groups is 1. The van der Waals surface area contributed by atoms with Crippen LogP contribution >= 0.6 is 11.8 Å². The van der Waals surface area contributed by atoms with Crippen LogP contribution < -0.4 is 5.73 Å². The summed E-state index contributed by atoms with van der Waals surface area (Å²) in [4.78, 5) is 5.24. The molecule has 0 heterocycles. The Kier molecular flexibility index (Phi) is 5.03. The minimum atomic E-state index is 0.649. The average Bonchev–Trinajstić information content (AvgIpc) is 2.05. The van der Waals surface area contributed by atoms with Crippen LogP contribution in [0, 0.1) is 0 Å². The molecule has 0 bridgehead atoms. The molecule has 3 heteroatoms. The minimum absolute atomic E-state index is 0.649. The van der Waals surface area contributed by atoms with Gasteiger partial charge in [-0.25, -0.2) is 0 Å². The minimum Gasteiger partial charge on any atom is -0.384 e. The summed E-state index contributed by atoms with van der Waals surface area (Å²) in [5.74, 6) is 0.649. The van der Waals surface area contributed by atoms with Crippen molar-refractivity contribution in [3.8, 4) is 0 Å². The molecule has 0 aliphatic rings. The monoisotopic (exact) mass is 172 g/mol. The van der Waals surface area contributed by atoms with Gasteiger partial charge in [-0.05, 0) is 24.5 Å². The van der Waals surface area contributed by atoms with E-state index in [9.17, 15) is 0 Å². The summed E-state index contributed by atoms with van der Waals surface area (Å²) in [5.41, 5.74) is 6.76. The second-order valence-corrected chi connectivity index (χ2v) is 3.12. The quantitative estimate of drug-likeness (QED) is 0.522. The summed E-state index contributed by atoms with van der Waals surface area (Å²) < 4.78 is 0. The van der Waals surface area contributed by atoms with Crippen molar-refractivity contribution in [3.63, 3.8) is 0 Å². The van der Waals surface area contributed by atoms with Gasteiger partial charge < -0.3 is 5.73 Å². The van der Waals surface area contributed by atoms with Crippen molar-refractivity contribution in [2.75, 3.05) is 13.3 Å². The SMILES string of the molecule is CC/C(SC)=C(/C)C(N)=NC. The van der Waals surface area contributed by atoms with Gasteiger partial charge in [0.25, 0.3) is 0 Å². The molecule has 0 saturated heterocycles. The smallest absolute Gasteiger partial charge is 0.121 e. The summed E-state index contributed by atoms with van der Waals surface area (Å²) in [6.45, 7) is 4.13. The molecule has 2 nitrogen and oxygen atoms in total.